The third kappa shape index (κ3) is 4.91. The van der Waals surface area contributed by atoms with Crippen LogP contribution in [0.3, 0.4) is 0 Å². The highest BCUT2D eigenvalue weighted by Crippen LogP contribution is 2.33. The number of H-pyrrole nitrogens is 2. The summed E-state index contributed by atoms with van der Waals surface area (Å²) in [6.07, 6.45) is 5.27. The molecule has 1 fully saturated rings. The fraction of sp³-hybridized carbons (Fsp3) is 0.143. The summed E-state index contributed by atoms with van der Waals surface area (Å²) in [5.41, 5.74) is 2.69. The summed E-state index contributed by atoms with van der Waals surface area (Å²) in [5.74, 6) is -1.10. The van der Waals surface area contributed by atoms with Crippen molar-refractivity contribution in [2.24, 2.45) is 0 Å². The highest BCUT2D eigenvalue weighted by molar-refractivity contribution is 7.17. The standard InChI is InChI=1S/C28H23FN6O3S/c1-35(28(38)15-2-4-17(29)5-3-15)19-8-9-20-21(12-19)33-25(24(20)27(37)32-18-6-7-18)34-26(36)23-11-10-22(39-23)16-13-30-31-14-16/h2-5,8-14,18,33H,6-7H2,1H3,(H,30,31)(H,32,37)(H,34,36). The Morgan fingerprint density at radius 1 is 1.05 bits per heavy atom. The third-order valence-electron chi connectivity index (χ3n) is 6.56. The average molecular weight is 543 g/mol. The van der Waals surface area contributed by atoms with Gasteiger partial charge in [-0.1, -0.05) is 0 Å². The summed E-state index contributed by atoms with van der Waals surface area (Å²) in [7, 11) is 1.62. The number of halogens is 1. The van der Waals surface area contributed by atoms with E-state index in [4.69, 9.17) is 0 Å². The number of hydrogen-bond acceptors (Lipinski definition) is 5. The molecule has 1 aliphatic rings. The Bertz CT molecular complexity index is 1700. The van der Waals surface area contributed by atoms with Crippen LogP contribution in [0.15, 0.2) is 67.0 Å². The van der Waals surface area contributed by atoms with Gasteiger partial charge in [0.15, 0.2) is 0 Å². The number of thiophene rings is 1. The van der Waals surface area contributed by atoms with E-state index in [2.05, 4.69) is 25.8 Å². The summed E-state index contributed by atoms with van der Waals surface area (Å²) in [4.78, 5) is 45.3. The van der Waals surface area contributed by atoms with Gasteiger partial charge in [-0.15, -0.1) is 11.3 Å². The molecule has 6 rings (SSSR count). The van der Waals surface area contributed by atoms with Crippen molar-refractivity contribution < 1.29 is 18.8 Å². The lowest BCUT2D eigenvalue weighted by molar-refractivity contribution is 0.0952. The predicted octanol–water partition coefficient (Wildman–Crippen LogP) is 5.18. The lowest BCUT2D eigenvalue weighted by Gasteiger charge is -2.17. The lowest BCUT2D eigenvalue weighted by atomic mass is 10.1. The number of nitrogens with one attached hydrogen (secondary N) is 4. The van der Waals surface area contributed by atoms with Gasteiger partial charge < -0.3 is 20.5 Å². The number of rotatable bonds is 7. The van der Waals surface area contributed by atoms with Crippen LogP contribution in [0.4, 0.5) is 15.9 Å². The van der Waals surface area contributed by atoms with Gasteiger partial charge in [0.1, 0.15) is 11.6 Å². The second-order valence-corrected chi connectivity index (χ2v) is 10.4. The zero-order chi connectivity index (χ0) is 27.1. The van der Waals surface area contributed by atoms with Gasteiger partial charge >= 0.3 is 0 Å². The Balaban J connectivity index is 1.32. The molecule has 196 valence electrons. The number of hydrogen-bond donors (Lipinski definition) is 4. The minimum Gasteiger partial charge on any atom is -0.349 e. The molecule has 1 saturated carbocycles. The van der Waals surface area contributed by atoms with Crippen molar-refractivity contribution in [3.63, 3.8) is 0 Å². The summed E-state index contributed by atoms with van der Waals surface area (Å²) < 4.78 is 13.3. The van der Waals surface area contributed by atoms with Crippen LogP contribution in [0.2, 0.25) is 0 Å². The molecule has 5 aromatic rings. The molecule has 3 aromatic heterocycles. The molecule has 0 aliphatic heterocycles. The number of nitrogens with zero attached hydrogens (tertiary/aromatic N) is 2. The van der Waals surface area contributed by atoms with E-state index in [1.54, 1.807) is 43.7 Å². The molecule has 0 saturated heterocycles. The maximum absolute atomic E-state index is 13.3. The molecule has 2 aromatic carbocycles. The summed E-state index contributed by atoms with van der Waals surface area (Å²) in [5, 5.41) is 13.2. The van der Waals surface area contributed by atoms with Gasteiger partial charge in [0.25, 0.3) is 17.7 Å². The molecule has 4 N–H and O–H groups in total. The third-order valence-corrected chi connectivity index (χ3v) is 7.69. The zero-order valence-corrected chi connectivity index (χ0v) is 21.6. The Morgan fingerprint density at radius 2 is 1.85 bits per heavy atom. The van der Waals surface area contributed by atoms with Gasteiger partial charge in [0.2, 0.25) is 0 Å². The molecule has 0 bridgehead atoms. The first-order valence-corrected chi connectivity index (χ1v) is 13.1. The smallest absolute Gasteiger partial charge is 0.266 e. The fourth-order valence-corrected chi connectivity index (χ4v) is 5.17. The molecule has 0 radical (unpaired) electrons. The molecule has 0 unspecified atom stereocenters. The first kappa shape index (κ1) is 24.6. The van der Waals surface area contributed by atoms with Crippen molar-refractivity contribution in [2.75, 3.05) is 17.3 Å². The van der Waals surface area contributed by atoms with Gasteiger partial charge in [0, 0.05) is 51.9 Å². The van der Waals surface area contributed by atoms with Crippen molar-refractivity contribution in [3.8, 4) is 10.4 Å². The quantitative estimate of drug-likeness (QED) is 0.226. The van der Waals surface area contributed by atoms with Crippen molar-refractivity contribution in [1.29, 1.82) is 0 Å². The molecule has 9 nitrogen and oxygen atoms in total. The molecular formula is C28H23FN6O3S. The Hall–Kier alpha value is -4.77. The summed E-state index contributed by atoms with van der Waals surface area (Å²) >= 11 is 1.31. The fourth-order valence-electron chi connectivity index (χ4n) is 4.29. The average Bonchev–Trinajstić information content (AvgIpc) is 3.31. The topological polar surface area (TPSA) is 123 Å². The van der Waals surface area contributed by atoms with Crippen LogP contribution in [0.5, 0.6) is 0 Å². The summed E-state index contributed by atoms with van der Waals surface area (Å²) in [6, 6.07) is 14.2. The summed E-state index contributed by atoms with van der Waals surface area (Å²) in [6.45, 7) is 0. The van der Waals surface area contributed by atoms with Crippen LogP contribution in [0, 0.1) is 5.82 Å². The number of carbonyl (C=O) groups excluding carboxylic acids is 3. The minimum atomic E-state index is -0.422. The van der Waals surface area contributed by atoms with E-state index in [0.29, 0.717) is 32.6 Å². The van der Waals surface area contributed by atoms with Crippen LogP contribution in [-0.2, 0) is 0 Å². The molecule has 0 spiro atoms. The molecule has 3 heterocycles. The van der Waals surface area contributed by atoms with E-state index >= 15 is 0 Å². The van der Waals surface area contributed by atoms with Gasteiger partial charge in [-0.2, -0.15) is 5.10 Å². The van der Waals surface area contributed by atoms with Gasteiger partial charge in [-0.05, 0) is 67.4 Å². The maximum Gasteiger partial charge on any atom is 0.266 e. The molecule has 39 heavy (non-hydrogen) atoms. The van der Waals surface area contributed by atoms with Crippen molar-refractivity contribution in [1.82, 2.24) is 20.5 Å². The SMILES string of the molecule is CN(C(=O)c1ccc(F)cc1)c1ccc2c(C(=O)NC3CC3)c(NC(=O)c3ccc(-c4cn[nH]c4)s3)[nH]c2c1. The van der Waals surface area contributed by atoms with Crippen molar-refractivity contribution in [2.45, 2.75) is 18.9 Å². The normalized spacial score (nSPS) is 12.9. The number of carbonyl (C=O) groups is 3. The second-order valence-electron chi connectivity index (χ2n) is 9.33. The van der Waals surface area contributed by atoms with E-state index in [-0.39, 0.29) is 29.6 Å². The van der Waals surface area contributed by atoms with E-state index in [1.807, 2.05) is 6.07 Å². The zero-order valence-electron chi connectivity index (χ0n) is 20.7. The predicted molar refractivity (Wildman–Crippen MR) is 148 cm³/mol. The first-order chi connectivity index (χ1) is 18.9. The molecular weight excluding hydrogens is 519 g/mol. The largest absolute Gasteiger partial charge is 0.349 e. The van der Waals surface area contributed by atoms with E-state index in [0.717, 1.165) is 23.3 Å². The lowest BCUT2D eigenvalue weighted by Crippen LogP contribution is -2.26. The molecule has 1 aliphatic carbocycles. The number of anilines is 2. The number of benzene rings is 2. The van der Waals surface area contributed by atoms with Crippen LogP contribution in [0.1, 0.15) is 43.2 Å². The van der Waals surface area contributed by atoms with Crippen molar-refractivity contribution in [3.05, 3.63) is 88.8 Å². The van der Waals surface area contributed by atoms with Crippen molar-refractivity contribution >= 4 is 51.5 Å². The van der Waals surface area contributed by atoms with Gasteiger partial charge in [0.05, 0.1) is 16.6 Å². The Kier molecular flexibility index (Phi) is 6.20. The second kappa shape index (κ2) is 9.84. The van der Waals surface area contributed by atoms with E-state index in [9.17, 15) is 18.8 Å². The van der Waals surface area contributed by atoms with E-state index < -0.39 is 5.82 Å². The minimum absolute atomic E-state index is 0.125. The first-order valence-electron chi connectivity index (χ1n) is 12.3. The molecule has 3 amide bonds. The number of aromatic amines is 2. The number of amides is 3. The Morgan fingerprint density at radius 3 is 2.56 bits per heavy atom. The van der Waals surface area contributed by atoms with Crippen LogP contribution >= 0.6 is 11.3 Å². The number of fused-ring (bicyclic) bond motifs is 1. The molecule has 11 heteroatoms. The van der Waals surface area contributed by atoms with Crippen LogP contribution in [0.25, 0.3) is 21.3 Å². The molecule has 0 atom stereocenters. The van der Waals surface area contributed by atoms with Crippen LogP contribution < -0.4 is 15.5 Å². The number of aromatic nitrogens is 3. The van der Waals surface area contributed by atoms with Crippen LogP contribution in [-0.4, -0.2) is 46.0 Å². The maximum atomic E-state index is 13.3. The highest BCUT2D eigenvalue weighted by atomic mass is 32.1. The highest BCUT2D eigenvalue weighted by Gasteiger charge is 2.28. The Labute approximate surface area is 226 Å². The monoisotopic (exact) mass is 542 g/mol. The van der Waals surface area contributed by atoms with E-state index in [1.165, 1.54) is 40.5 Å². The van der Waals surface area contributed by atoms with Gasteiger partial charge in [-0.3, -0.25) is 19.5 Å². The van der Waals surface area contributed by atoms with Gasteiger partial charge in [-0.25, -0.2) is 4.39 Å².